The zero-order valence-electron chi connectivity index (χ0n) is 11.2. The summed E-state index contributed by atoms with van der Waals surface area (Å²) >= 11 is 0. The van der Waals surface area contributed by atoms with Gasteiger partial charge in [-0.05, 0) is 26.7 Å². The van der Waals surface area contributed by atoms with Crippen LogP contribution in [0.25, 0.3) is 0 Å². The minimum absolute atomic E-state index is 0.00475. The number of amides is 1. The number of piperidine rings is 1. The Morgan fingerprint density at radius 1 is 1.24 bits per heavy atom. The summed E-state index contributed by atoms with van der Waals surface area (Å²) in [6.45, 7) is 8.75. The van der Waals surface area contributed by atoms with Gasteiger partial charge < -0.3 is 9.64 Å². The number of hydrogen-bond acceptors (Lipinski definition) is 3. The lowest BCUT2D eigenvalue weighted by atomic mass is 9.97. The maximum atomic E-state index is 11.9. The van der Waals surface area contributed by atoms with Crippen LogP contribution in [0.1, 0.15) is 40.5 Å². The van der Waals surface area contributed by atoms with Gasteiger partial charge in [0.25, 0.3) is 0 Å². The third-order valence-electron chi connectivity index (χ3n) is 2.91. The molecule has 0 aromatic carbocycles. The van der Waals surface area contributed by atoms with Crippen LogP contribution in [0.4, 0.5) is 0 Å². The third kappa shape index (κ3) is 4.02. The number of likely N-dealkylation sites (tertiary alicyclic amines) is 1. The van der Waals surface area contributed by atoms with E-state index in [9.17, 15) is 9.59 Å². The van der Waals surface area contributed by atoms with E-state index in [2.05, 4.69) is 0 Å². The maximum absolute atomic E-state index is 11.9. The number of hydrogen-bond donors (Lipinski definition) is 0. The molecule has 4 heteroatoms. The zero-order valence-corrected chi connectivity index (χ0v) is 11.2. The average Bonchev–Trinajstić information content (AvgIpc) is 2.27. The van der Waals surface area contributed by atoms with Crippen molar-refractivity contribution in [1.29, 1.82) is 0 Å². The maximum Gasteiger partial charge on any atom is 0.310 e. The molecule has 1 rings (SSSR count). The molecule has 4 nitrogen and oxygen atoms in total. The number of esters is 1. The highest BCUT2D eigenvalue weighted by molar-refractivity contribution is 5.80. The Morgan fingerprint density at radius 2 is 1.88 bits per heavy atom. The minimum atomic E-state index is -0.166. The molecule has 0 radical (unpaired) electrons. The molecule has 1 saturated heterocycles. The monoisotopic (exact) mass is 241 g/mol. The molecule has 0 N–H and O–H groups in total. The van der Waals surface area contributed by atoms with Crippen molar-refractivity contribution in [3.05, 3.63) is 0 Å². The molecule has 17 heavy (non-hydrogen) atoms. The number of rotatable bonds is 3. The fourth-order valence-corrected chi connectivity index (χ4v) is 2.06. The van der Waals surface area contributed by atoms with Crippen LogP contribution in [0, 0.1) is 11.8 Å². The van der Waals surface area contributed by atoms with Crippen LogP contribution < -0.4 is 0 Å². The van der Waals surface area contributed by atoms with Gasteiger partial charge in [0, 0.05) is 19.0 Å². The van der Waals surface area contributed by atoms with Crippen molar-refractivity contribution in [2.75, 3.05) is 13.1 Å². The molecule has 0 bridgehead atoms. The standard InChI is InChI=1S/C13H23NO3/c1-9(2)12(15)14-7-5-6-11(8-14)13(16)17-10(3)4/h9-11H,5-8H2,1-4H3. The average molecular weight is 241 g/mol. The molecule has 0 spiro atoms. The topological polar surface area (TPSA) is 46.6 Å². The Bertz CT molecular complexity index is 286. The highest BCUT2D eigenvalue weighted by atomic mass is 16.5. The molecule has 1 heterocycles. The van der Waals surface area contributed by atoms with Crippen LogP contribution in [0.5, 0.6) is 0 Å². The molecular weight excluding hydrogens is 218 g/mol. The molecule has 0 aromatic heterocycles. The Morgan fingerprint density at radius 3 is 2.41 bits per heavy atom. The van der Waals surface area contributed by atoms with Gasteiger partial charge in [-0.25, -0.2) is 0 Å². The number of ether oxygens (including phenoxy) is 1. The summed E-state index contributed by atoms with van der Waals surface area (Å²) in [6, 6.07) is 0. The lowest BCUT2D eigenvalue weighted by molar-refractivity contribution is -0.155. The van der Waals surface area contributed by atoms with E-state index in [1.807, 2.05) is 27.7 Å². The summed E-state index contributed by atoms with van der Waals surface area (Å²) in [6.07, 6.45) is 1.63. The first-order valence-electron chi connectivity index (χ1n) is 6.41. The van der Waals surface area contributed by atoms with Gasteiger partial charge in [-0.1, -0.05) is 13.8 Å². The summed E-state index contributed by atoms with van der Waals surface area (Å²) in [5.41, 5.74) is 0. The SMILES string of the molecule is CC(C)OC(=O)C1CCCN(C(=O)C(C)C)C1. The first-order chi connectivity index (χ1) is 7.91. The second kappa shape index (κ2) is 6.03. The predicted molar refractivity (Wildman–Crippen MR) is 65.4 cm³/mol. The molecule has 1 amide bonds. The Kier molecular flexibility index (Phi) is 4.97. The van der Waals surface area contributed by atoms with Gasteiger partial charge in [-0.2, -0.15) is 0 Å². The van der Waals surface area contributed by atoms with Crippen LogP contribution in [0.15, 0.2) is 0 Å². The number of nitrogens with zero attached hydrogens (tertiary/aromatic N) is 1. The highest BCUT2D eigenvalue weighted by Crippen LogP contribution is 2.20. The Hall–Kier alpha value is -1.06. The van der Waals surface area contributed by atoms with Crippen LogP contribution in [-0.4, -0.2) is 36.0 Å². The van der Waals surface area contributed by atoms with Gasteiger partial charge in [0.1, 0.15) is 0 Å². The van der Waals surface area contributed by atoms with Crippen molar-refractivity contribution in [3.63, 3.8) is 0 Å². The molecule has 1 aliphatic rings. The molecular formula is C13H23NO3. The predicted octanol–water partition coefficient (Wildman–Crippen LogP) is 1.83. The van der Waals surface area contributed by atoms with Crippen LogP contribution in [-0.2, 0) is 14.3 Å². The van der Waals surface area contributed by atoms with E-state index in [0.717, 1.165) is 19.4 Å². The Labute approximate surface area is 103 Å². The van der Waals surface area contributed by atoms with Gasteiger partial charge >= 0.3 is 5.97 Å². The second-order valence-electron chi connectivity index (χ2n) is 5.26. The minimum Gasteiger partial charge on any atom is -0.463 e. The van der Waals surface area contributed by atoms with E-state index in [-0.39, 0.29) is 29.8 Å². The Balaban J connectivity index is 2.54. The zero-order chi connectivity index (χ0) is 13.0. The quantitative estimate of drug-likeness (QED) is 0.708. The molecule has 0 aliphatic carbocycles. The molecule has 0 saturated carbocycles. The van der Waals surface area contributed by atoms with E-state index >= 15 is 0 Å². The summed E-state index contributed by atoms with van der Waals surface area (Å²) < 4.78 is 5.20. The fourth-order valence-electron chi connectivity index (χ4n) is 2.06. The summed E-state index contributed by atoms with van der Waals surface area (Å²) in [5, 5.41) is 0. The van der Waals surface area contributed by atoms with E-state index in [1.165, 1.54) is 0 Å². The van der Waals surface area contributed by atoms with Gasteiger partial charge in [0.05, 0.1) is 12.0 Å². The fraction of sp³-hybridized carbons (Fsp3) is 0.846. The molecule has 98 valence electrons. The first kappa shape index (κ1) is 14.0. The van der Waals surface area contributed by atoms with Gasteiger partial charge in [-0.3, -0.25) is 9.59 Å². The normalized spacial score (nSPS) is 20.8. The summed E-state index contributed by atoms with van der Waals surface area (Å²) in [5.74, 6) is -0.183. The largest absolute Gasteiger partial charge is 0.463 e. The number of carbonyl (C=O) groups is 2. The van der Waals surface area contributed by atoms with Crippen molar-refractivity contribution in [1.82, 2.24) is 4.90 Å². The third-order valence-corrected chi connectivity index (χ3v) is 2.91. The van der Waals surface area contributed by atoms with Gasteiger partial charge in [-0.15, -0.1) is 0 Å². The van der Waals surface area contributed by atoms with Crippen molar-refractivity contribution < 1.29 is 14.3 Å². The van der Waals surface area contributed by atoms with Crippen molar-refractivity contribution >= 4 is 11.9 Å². The van der Waals surface area contributed by atoms with Crippen LogP contribution in [0.2, 0.25) is 0 Å². The summed E-state index contributed by atoms with van der Waals surface area (Å²) in [4.78, 5) is 25.4. The molecule has 1 unspecified atom stereocenters. The lowest BCUT2D eigenvalue weighted by Crippen LogP contribution is -2.44. The first-order valence-corrected chi connectivity index (χ1v) is 6.41. The van der Waals surface area contributed by atoms with Gasteiger partial charge in [0.2, 0.25) is 5.91 Å². The lowest BCUT2D eigenvalue weighted by Gasteiger charge is -2.33. The van der Waals surface area contributed by atoms with Crippen LogP contribution >= 0.6 is 0 Å². The van der Waals surface area contributed by atoms with Crippen molar-refractivity contribution in [3.8, 4) is 0 Å². The van der Waals surface area contributed by atoms with E-state index in [1.54, 1.807) is 4.90 Å². The molecule has 0 aromatic rings. The van der Waals surface area contributed by atoms with E-state index < -0.39 is 0 Å². The molecule has 1 fully saturated rings. The summed E-state index contributed by atoms with van der Waals surface area (Å²) in [7, 11) is 0. The molecule has 1 atom stereocenters. The van der Waals surface area contributed by atoms with E-state index in [0.29, 0.717) is 6.54 Å². The molecule has 1 aliphatic heterocycles. The highest BCUT2D eigenvalue weighted by Gasteiger charge is 2.30. The van der Waals surface area contributed by atoms with Crippen molar-refractivity contribution in [2.24, 2.45) is 11.8 Å². The number of carbonyl (C=O) groups excluding carboxylic acids is 2. The van der Waals surface area contributed by atoms with Crippen molar-refractivity contribution in [2.45, 2.75) is 46.6 Å². The second-order valence-corrected chi connectivity index (χ2v) is 5.26. The van der Waals surface area contributed by atoms with Crippen LogP contribution in [0.3, 0.4) is 0 Å². The van der Waals surface area contributed by atoms with Gasteiger partial charge in [0.15, 0.2) is 0 Å². The smallest absolute Gasteiger partial charge is 0.310 e. The van der Waals surface area contributed by atoms with E-state index in [4.69, 9.17) is 4.74 Å².